The molecule has 7 N–H and O–H groups in total. The number of nitrogens with one attached hydrogen (secondary N) is 2. The van der Waals surface area contributed by atoms with Crippen molar-refractivity contribution in [2.75, 3.05) is 6.54 Å². The molecule has 0 aliphatic heterocycles. The molecular weight excluding hydrogens is 448 g/mol. The van der Waals surface area contributed by atoms with E-state index in [1.807, 2.05) is 0 Å². The van der Waals surface area contributed by atoms with Gasteiger partial charge in [0.15, 0.2) is 5.96 Å². The van der Waals surface area contributed by atoms with Gasteiger partial charge in [-0.3, -0.25) is 29.5 Å². The summed E-state index contributed by atoms with van der Waals surface area (Å²) in [6.07, 6.45) is 6.29. The van der Waals surface area contributed by atoms with Crippen molar-refractivity contribution >= 4 is 35.7 Å². The number of nitrogens with zero attached hydrogens (tertiary/aromatic N) is 1. The molecule has 0 aliphatic rings. The molecule has 0 fully saturated rings. The summed E-state index contributed by atoms with van der Waals surface area (Å²) < 4.78 is 0. The van der Waals surface area contributed by atoms with Crippen LogP contribution in [0.2, 0.25) is 0 Å². The summed E-state index contributed by atoms with van der Waals surface area (Å²) in [7, 11) is 0. The van der Waals surface area contributed by atoms with Gasteiger partial charge in [0, 0.05) is 32.2 Å². The largest absolute Gasteiger partial charge is 0.481 e. The van der Waals surface area contributed by atoms with Gasteiger partial charge >= 0.3 is 17.9 Å². The van der Waals surface area contributed by atoms with Crippen LogP contribution < -0.4 is 16.4 Å². The summed E-state index contributed by atoms with van der Waals surface area (Å²) in [6.45, 7) is 0.185. The van der Waals surface area contributed by atoms with Crippen LogP contribution in [-0.4, -0.2) is 63.6 Å². The number of unbranched alkanes of at least 4 members (excludes halogenated alkanes) is 6. The van der Waals surface area contributed by atoms with Crippen LogP contribution in [0.3, 0.4) is 0 Å². The van der Waals surface area contributed by atoms with Crippen LogP contribution in [0.1, 0.15) is 89.9 Å². The number of nitrogens with two attached hydrogens (primary N) is 1. The van der Waals surface area contributed by atoms with E-state index in [1.54, 1.807) is 0 Å². The highest BCUT2D eigenvalue weighted by Gasteiger charge is 2.19. The van der Waals surface area contributed by atoms with E-state index in [9.17, 15) is 29.1 Å². The molecule has 2 amide bonds. The van der Waals surface area contributed by atoms with Crippen LogP contribution in [0, 0.1) is 0 Å². The van der Waals surface area contributed by atoms with Gasteiger partial charge < -0.3 is 26.4 Å². The summed E-state index contributed by atoms with van der Waals surface area (Å²) >= 11 is 0. The van der Waals surface area contributed by atoms with Crippen molar-refractivity contribution in [2.45, 2.75) is 95.9 Å². The predicted molar refractivity (Wildman–Crippen MR) is 124 cm³/mol. The summed E-state index contributed by atoms with van der Waals surface area (Å²) in [4.78, 5) is 60.0. The molecule has 0 aromatic carbocycles. The molecule has 0 saturated heterocycles. The monoisotopic (exact) mass is 486 g/mol. The van der Waals surface area contributed by atoms with Crippen LogP contribution in [-0.2, 0) is 24.0 Å². The van der Waals surface area contributed by atoms with Crippen LogP contribution in [0.15, 0.2) is 4.99 Å². The van der Waals surface area contributed by atoms with Crippen molar-refractivity contribution in [1.82, 2.24) is 10.6 Å². The molecule has 12 nitrogen and oxygen atoms in total. The van der Waals surface area contributed by atoms with Crippen LogP contribution >= 0.6 is 0 Å². The Labute approximate surface area is 199 Å². The third-order valence-electron chi connectivity index (χ3n) is 4.92. The molecule has 34 heavy (non-hydrogen) atoms. The lowest BCUT2D eigenvalue weighted by molar-refractivity contribution is -0.142. The lowest BCUT2D eigenvalue weighted by Crippen LogP contribution is -2.40. The van der Waals surface area contributed by atoms with Crippen molar-refractivity contribution in [2.24, 2.45) is 10.7 Å². The fourth-order valence-corrected chi connectivity index (χ4v) is 3.09. The first-order valence-electron chi connectivity index (χ1n) is 11.7. The summed E-state index contributed by atoms with van der Waals surface area (Å²) in [5.74, 6) is -3.56. The Morgan fingerprint density at radius 1 is 0.676 bits per heavy atom. The van der Waals surface area contributed by atoms with Crippen molar-refractivity contribution in [3.05, 3.63) is 0 Å². The number of aliphatic imine (C=N–C) groups is 1. The second-order valence-corrected chi connectivity index (χ2v) is 8.03. The van der Waals surface area contributed by atoms with Gasteiger partial charge in [0.2, 0.25) is 11.8 Å². The number of rotatable bonds is 20. The summed E-state index contributed by atoms with van der Waals surface area (Å²) in [5, 5.41) is 31.3. The summed E-state index contributed by atoms with van der Waals surface area (Å²) in [5.41, 5.74) is 5.66. The first-order chi connectivity index (χ1) is 16.1. The highest BCUT2D eigenvalue weighted by atomic mass is 16.4. The molecule has 0 rings (SSSR count). The predicted octanol–water partition coefficient (Wildman–Crippen LogP) is 1.62. The lowest BCUT2D eigenvalue weighted by Gasteiger charge is -2.14. The second kappa shape index (κ2) is 19.3. The van der Waals surface area contributed by atoms with Gasteiger partial charge in [-0.15, -0.1) is 0 Å². The average molecular weight is 487 g/mol. The van der Waals surface area contributed by atoms with Crippen molar-refractivity contribution in [3.8, 4) is 0 Å². The van der Waals surface area contributed by atoms with E-state index in [0.717, 1.165) is 12.8 Å². The van der Waals surface area contributed by atoms with Gasteiger partial charge in [-0.1, -0.05) is 25.7 Å². The van der Waals surface area contributed by atoms with Gasteiger partial charge in [-0.2, -0.15) is 0 Å². The van der Waals surface area contributed by atoms with E-state index in [2.05, 4.69) is 15.6 Å². The topological polar surface area (TPSA) is 208 Å². The number of amides is 2. The van der Waals surface area contributed by atoms with E-state index in [1.165, 1.54) is 0 Å². The number of hydrogen-bond acceptors (Lipinski definition) is 6. The number of aliphatic carboxylic acids is 3. The summed E-state index contributed by atoms with van der Waals surface area (Å²) in [6, 6.07) is -1.05. The molecular formula is C22H38N4O8. The zero-order valence-corrected chi connectivity index (χ0v) is 19.6. The number of carboxylic acid groups (broad SMARTS) is 3. The van der Waals surface area contributed by atoms with Crippen molar-refractivity contribution in [3.63, 3.8) is 0 Å². The zero-order valence-electron chi connectivity index (χ0n) is 19.6. The smallest absolute Gasteiger partial charge is 0.326 e. The number of carbonyl (C=O) groups excluding carboxylic acids is 2. The Bertz CT molecular complexity index is 696. The third-order valence-corrected chi connectivity index (χ3v) is 4.92. The Morgan fingerprint density at radius 2 is 1.15 bits per heavy atom. The van der Waals surface area contributed by atoms with E-state index < -0.39 is 23.9 Å². The molecule has 0 aliphatic carbocycles. The van der Waals surface area contributed by atoms with E-state index in [0.29, 0.717) is 44.9 Å². The molecule has 0 saturated carbocycles. The van der Waals surface area contributed by atoms with Gasteiger partial charge in [-0.25, -0.2) is 4.79 Å². The minimum absolute atomic E-state index is 0.0605. The maximum absolute atomic E-state index is 11.9. The molecule has 0 spiro atoms. The van der Waals surface area contributed by atoms with Gasteiger partial charge in [-0.05, 0) is 38.5 Å². The quantitative estimate of drug-likeness (QED) is 0.0837. The third kappa shape index (κ3) is 19.5. The molecule has 194 valence electrons. The number of carbonyl (C=O) groups is 5. The molecule has 0 radical (unpaired) electrons. The van der Waals surface area contributed by atoms with Gasteiger partial charge in [0.05, 0.1) is 0 Å². The molecule has 0 heterocycles. The fraction of sp³-hybridized carbons (Fsp3) is 0.727. The maximum Gasteiger partial charge on any atom is 0.326 e. The highest BCUT2D eigenvalue weighted by molar-refractivity contribution is 5.96. The van der Waals surface area contributed by atoms with Gasteiger partial charge in [0.1, 0.15) is 6.04 Å². The van der Waals surface area contributed by atoms with E-state index in [-0.39, 0.29) is 56.4 Å². The Kier molecular flexibility index (Phi) is 17.5. The molecule has 0 unspecified atom stereocenters. The average Bonchev–Trinajstić information content (AvgIpc) is 2.74. The maximum atomic E-state index is 11.9. The molecule has 12 heteroatoms. The highest BCUT2D eigenvalue weighted by Crippen LogP contribution is 2.07. The fourth-order valence-electron chi connectivity index (χ4n) is 3.09. The Hall–Kier alpha value is -3.18. The molecule has 0 aromatic rings. The number of guanidine groups is 1. The lowest BCUT2D eigenvalue weighted by atomic mass is 10.1. The van der Waals surface area contributed by atoms with Crippen LogP contribution in [0.5, 0.6) is 0 Å². The van der Waals surface area contributed by atoms with Crippen molar-refractivity contribution < 1.29 is 39.3 Å². The molecule has 1 atom stereocenters. The van der Waals surface area contributed by atoms with Crippen molar-refractivity contribution in [1.29, 1.82) is 0 Å². The second-order valence-electron chi connectivity index (χ2n) is 8.03. The first kappa shape index (κ1) is 30.8. The first-order valence-corrected chi connectivity index (χ1v) is 11.7. The minimum atomic E-state index is -1.15. The number of hydrogen-bond donors (Lipinski definition) is 6. The number of carboxylic acids is 3. The van der Waals surface area contributed by atoms with Crippen LogP contribution in [0.25, 0.3) is 0 Å². The molecule has 0 bridgehead atoms. The zero-order chi connectivity index (χ0) is 25.8. The minimum Gasteiger partial charge on any atom is -0.481 e. The Balaban J connectivity index is 4.04. The van der Waals surface area contributed by atoms with Gasteiger partial charge in [0.25, 0.3) is 0 Å². The standard InChI is InChI=1S/C22H38N4O8/c23-22(26-18(28)12-6-2-4-8-14-20(31)32)24-15-9-10-16(21(33)34)25-17(27)11-5-1-3-7-13-19(29)30/h16H,1-15H2,(H,25,27)(H,29,30)(H,31,32)(H,33,34)(H3,23,24,26,28)/t16-/m0/s1. The van der Waals surface area contributed by atoms with Crippen LogP contribution in [0.4, 0.5) is 0 Å². The van der Waals surface area contributed by atoms with E-state index in [4.69, 9.17) is 15.9 Å². The SMILES string of the molecule is NC(=NCCC[C@H](NC(=O)CCCCCCC(=O)O)C(=O)O)NC(=O)CCCCCCC(=O)O. The Morgan fingerprint density at radius 3 is 1.62 bits per heavy atom. The normalized spacial score (nSPS) is 12.1. The molecule has 0 aromatic heterocycles. The van der Waals surface area contributed by atoms with E-state index >= 15 is 0 Å².